The first kappa shape index (κ1) is 7.35. The molecule has 0 saturated carbocycles. The van der Waals surface area contributed by atoms with E-state index in [1.807, 2.05) is 24.3 Å². The molecule has 2 atom stereocenters. The van der Waals surface area contributed by atoms with Crippen LogP contribution in [0.3, 0.4) is 0 Å². The Morgan fingerprint density at radius 2 is 2.31 bits per heavy atom. The van der Waals surface area contributed by atoms with Gasteiger partial charge in [0.1, 0.15) is 5.60 Å². The number of para-hydroxylation sites is 1. The molecule has 0 radical (unpaired) electrons. The molecule has 3 heteroatoms. The Kier molecular flexibility index (Phi) is 1.27. The third kappa shape index (κ3) is 0.806. The lowest BCUT2D eigenvalue weighted by molar-refractivity contribution is -0.0169. The molecule has 2 N–H and O–H groups in total. The molecule has 1 aromatic carbocycles. The number of rotatable bonds is 0. The van der Waals surface area contributed by atoms with E-state index in [1.165, 1.54) is 0 Å². The maximum atomic E-state index is 10.3. The van der Waals surface area contributed by atoms with Gasteiger partial charge >= 0.3 is 0 Å². The van der Waals surface area contributed by atoms with Crippen LogP contribution in [0.1, 0.15) is 12.0 Å². The first-order chi connectivity index (χ1) is 6.31. The maximum Gasteiger partial charge on any atom is 0.161 e. The lowest BCUT2D eigenvalue weighted by Crippen LogP contribution is -2.33. The summed E-state index contributed by atoms with van der Waals surface area (Å²) in [6.45, 7) is 0.627. The molecule has 0 aromatic heterocycles. The molecule has 0 amide bonds. The molecule has 2 heterocycles. The molecule has 2 aliphatic rings. The number of ether oxygens (including phenoxy) is 1. The van der Waals surface area contributed by atoms with Crippen LogP contribution in [0.15, 0.2) is 24.3 Å². The molecule has 1 aromatic rings. The van der Waals surface area contributed by atoms with E-state index in [-0.39, 0.29) is 6.23 Å². The van der Waals surface area contributed by atoms with Gasteiger partial charge in [-0.1, -0.05) is 18.2 Å². The van der Waals surface area contributed by atoms with E-state index < -0.39 is 5.60 Å². The van der Waals surface area contributed by atoms with Crippen molar-refractivity contribution in [3.8, 4) is 0 Å². The summed E-state index contributed by atoms with van der Waals surface area (Å²) in [5.74, 6) is 0. The Bertz CT molecular complexity index is 353. The summed E-state index contributed by atoms with van der Waals surface area (Å²) in [6, 6.07) is 7.82. The second-order valence-corrected chi connectivity index (χ2v) is 3.62. The smallest absolute Gasteiger partial charge is 0.161 e. The number of nitrogens with one attached hydrogen (secondary N) is 1. The molecular formula is C10H11NO2. The van der Waals surface area contributed by atoms with Crippen molar-refractivity contribution in [2.75, 3.05) is 11.9 Å². The van der Waals surface area contributed by atoms with E-state index in [4.69, 9.17) is 4.74 Å². The molecule has 3 nitrogen and oxygen atoms in total. The van der Waals surface area contributed by atoms with Crippen molar-refractivity contribution in [2.45, 2.75) is 18.2 Å². The number of anilines is 1. The zero-order valence-corrected chi connectivity index (χ0v) is 7.16. The maximum absolute atomic E-state index is 10.3. The van der Waals surface area contributed by atoms with Crippen molar-refractivity contribution in [1.82, 2.24) is 0 Å². The second kappa shape index (κ2) is 2.25. The molecule has 1 saturated heterocycles. The van der Waals surface area contributed by atoms with Crippen molar-refractivity contribution >= 4 is 5.69 Å². The predicted molar refractivity (Wildman–Crippen MR) is 48.3 cm³/mol. The zero-order chi connectivity index (χ0) is 8.89. The summed E-state index contributed by atoms with van der Waals surface area (Å²) in [5, 5.41) is 13.5. The molecule has 68 valence electrons. The van der Waals surface area contributed by atoms with Gasteiger partial charge in [0.25, 0.3) is 0 Å². The van der Waals surface area contributed by atoms with Gasteiger partial charge in [-0.3, -0.25) is 0 Å². The fourth-order valence-corrected chi connectivity index (χ4v) is 2.17. The van der Waals surface area contributed by atoms with Crippen molar-refractivity contribution in [3.63, 3.8) is 0 Å². The van der Waals surface area contributed by atoms with Crippen LogP contribution in [0.4, 0.5) is 5.69 Å². The first-order valence-electron chi connectivity index (χ1n) is 4.51. The van der Waals surface area contributed by atoms with Gasteiger partial charge in [0, 0.05) is 17.7 Å². The zero-order valence-electron chi connectivity index (χ0n) is 7.16. The number of hydrogen-bond donors (Lipinski definition) is 2. The van der Waals surface area contributed by atoms with Crippen LogP contribution in [0.25, 0.3) is 0 Å². The van der Waals surface area contributed by atoms with E-state index in [1.54, 1.807) is 0 Å². The third-order valence-corrected chi connectivity index (χ3v) is 2.88. The minimum atomic E-state index is -0.795. The van der Waals surface area contributed by atoms with Crippen LogP contribution in [0.2, 0.25) is 0 Å². The summed E-state index contributed by atoms with van der Waals surface area (Å²) >= 11 is 0. The van der Waals surface area contributed by atoms with E-state index in [2.05, 4.69) is 5.32 Å². The second-order valence-electron chi connectivity index (χ2n) is 3.62. The van der Waals surface area contributed by atoms with E-state index in [9.17, 15) is 5.11 Å². The van der Waals surface area contributed by atoms with Gasteiger partial charge in [-0.2, -0.15) is 0 Å². The molecule has 0 unspecified atom stereocenters. The topological polar surface area (TPSA) is 41.5 Å². The normalized spacial score (nSPS) is 35.3. The summed E-state index contributed by atoms with van der Waals surface area (Å²) in [4.78, 5) is 0. The van der Waals surface area contributed by atoms with Crippen molar-refractivity contribution in [1.29, 1.82) is 0 Å². The van der Waals surface area contributed by atoms with Crippen molar-refractivity contribution in [3.05, 3.63) is 29.8 Å². The number of hydrogen-bond acceptors (Lipinski definition) is 3. The Hall–Kier alpha value is -1.06. The molecule has 3 rings (SSSR count). The number of aliphatic hydroxyl groups is 1. The van der Waals surface area contributed by atoms with Crippen LogP contribution < -0.4 is 5.32 Å². The fraction of sp³-hybridized carbons (Fsp3) is 0.400. The van der Waals surface area contributed by atoms with Crippen LogP contribution in [0.5, 0.6) is 0 Å². The quantitative estimate of drug-likeness (QED) is 0.622. The van der Waals surface area contributed by atoms with Gasteiger partial charge in [-0.15, -0.1) is 0 Å². The van der Waals surface area contributed by atoms with Crippen LogP contribution in [-0.4, -0.2) is 17.9 Å². The lowest BCUT2D eigenvalue weighted by atomic mass is 9.93. The molecule has 13 heavy (non-hydrogen) atoms. The highest BCUT2D eigenvalue weighted by Gasteiger charge is 2.49. The molecule has 1 fully saturated rings. The highest BCUT2D eigenvalue weighted by atomic mass is 16.5. The summed E-state index contributed by atoms with van der Waals surface area (Å²) < 4.78 is 5.40. The fourth-order valence-electron chi connectivity index (χ4n) is 2.17. The Labute approximate surface area is 76.3 Å². The SMILES string of the molecule is O[C@@]12CCO[C@@H]1Nc1ccccc12. The Morgan fingerprint density at radius 3 is 3.23 bits per heavy atom. The monoisotopic (exact) mass is 177 g/mol. The summed E-state index contributed by atoms with van der Waals surface area (Å²) in [7, 11) is 0. The van der Waals surface area contributed by atoms with Crippen molar-refractivity contribution < 1.29 is 9.84 Å². The van der Waals surface area contributed by atoms with Gasteiger partial charge in [0.15, 0.2) is 6.23 Å². The predicted octanol–water partition coefficient (Wildman–Crippen LogP) is 1.05. The molecule has 2 aliphatic heterocycles. The minimum absolute atomic E-state index is 0.245. The van der Waals surface area contributed by atoms with Gasteiger partial charge in [0.2, 0.25) is 0 Å². The van der Waals surface area contributed by atoms with Gasteiger partial charge in [-0.25, -0.2) is 0 Å². The van der Waals surface area contributed by atoms with E-state index >= 15 is 0 Å². The molecular weight excluding hydrogens is 166 g/mol. The van der Waals surface area contributed by atoms with Crippen LogP contribution in [0, 0.1) is 0 Å². The largest absolute Gasteiger partial charge is 0.380 e. The third-order valence-electron chi connectivity index (χ3n) is 2.88. The standard InChI is InChI=1S/C10H11NO2/c12-10-5-6-13-9(10)11-8-4-2-1-3-7(8)10/h1-4,9,11-12H,5-6H2/t9-,10+/m0/s1. The van der Waals surface area contributed by atoms with E-state index in [0.29, 0.717) is 13.0 Å². The number of benzene rings is 1. The van der Waals surface area contributed by atoms with Crippen LogP contribution >= 0.6 is 0 Å². The van der Waals surface area contributed by atoms with Gasteiger partial charge in [0.05, 0.1) is 6.61 Å². The number of fused-ring (bicyclic) bond motifs is 3. The molecule has 0 bridgehead atoms. The highest BCUT2D eigenvalue weighted by molar-refractivity contribution is 5.60. The molecule has 0 aliphatic carbocycles. The summed E-state index contributed by atoms with van der Waals surface area (Å²) in [5.41, 5.74) is 1.17. The summed E-state index contributed by atoms with van der Waals surface area (Å²) in [6.07, 6.45) is 0.437. The van der Waals surface area contributed by atoms with Gasteiger partial charge in [-0.05, 0) is 6.07 Å². The lowest BCUT2D eigenvalue weighted by Gasteiger charge is -2.20. The van der Waals surface area contributed by atoms with Gasteiger partial charge < -0.3 is 15.2 Å². The van der Waals surface area contributed by atoms with E-state index in [0.717, 1.165) is 11.3 Å². The molecule has 0 spiro atoms. The Morgan fingerprint density at radius 1 is 1.46 bits per heavy atom. The minimum Gasteiger partial charge on any atom is -0.380 e. The van der Waals surface area contributed by atoms with Crippen molar-refractivity contribution in [2.24, 2.45) is 0 Å². The Balaban J connectivity index is 2.17. The highest BCUT2D eigenvalue weighted by Crippen LogP contribution is 2.45. The average molecular weight is 177 g/mol. The average Bonchev–Trinajstić information content (AvgIpc) is 2.60. The van der Waals surface area contributed by atoms with Crippen LogP contribution in [-0.2, 0) is 10.3 Å². The first-order valence-corrected chi connectivity index (χ1v) is 4.51.